The van der Waals surface area contributed by atoms with Crippen LogP contribution in [0.15, 0.2) is 67.7 Å². The molecule has 0 bridgehead atoms. The van der Waals surface area contributed by atoms with E-state index in [-0.39, 0.29) is 57.0 Å². The molecule has 4 aromatic rings. The summed E-state index contributed by atoms with van der Waals surface area (Å²) in [6.45, 7) is 1.73. The quantitative estimate of drug-likeness (QED) is 0.296. The SMILES string of the molecule is COc1cc(OC)c2c(c1Cl)O[C@@]1(C(=O)C3=C(C[C@H]1C)Nc1c(c(=O)n(C)c(=O)n1C)[C@@H]3c1ccc(-c3ccc(Cl)cc3)o1)C2=O. The Morgan fingerprint density at radius 2 is 1.63 bits per heavy atom. The van der Waals surface area contributed by atoms with Gasteiger partial charge in [-0.05, 0) is 42.8 Å². The van der Waals surface area contributed by atoms with Crippen LogP contribution in [-0.4, -0.2) is 40.5 Å². The first-order chi connectivity index (χ1) is 21.9. The molecule has 0 saturated heterocycles. The summed E-state index contributed by atoms with van der Waals surface area (Å²) in [4.78, 5) is 56.3. The minimum atomic E-state index is -2.03. The average Bonchev–Trinajstić information content (AvgIpc) is 3.66. The average molecular weight is 664 g/mol. The molecule has 7 rings (SSSR count). The normalized spacial score (nSPS) is 21.5. The number of methoxy groups -OCH3 is 2. The maximum Gasteiger partial charge on any atom is 0.332 e. The molecule has 236 valence electrons. The summed E-state index contributed by atoms with van der Waals surface area (Å²) >= 11 is 12.7. The lowest BCUT2D eigenvalue weighted by atomic mass is 9.66. The number of halogens is 2. The van der Waals surface area contributed by atoms with Gasteiger partial charge < -0.3 is 23.9 Å². The highest BCUT2D eigenvalue weighted by atomic mass is 35.5. The number of hydrogen-bond acceptors (Lipinski definition) is 9. The largest absolute Gasteiger partial charge is 0.496 e. The molecule has 2 aliphatic heterocycles. The molecule has 1 aliphatic carbocycles. The van der Waals surface area contributed by atoms with Gasteiger partial charge in [-0.15, -0.1) is 0 Å². The van der Waals surface area contributed by atoms with Crippen LogP contribution in [0.5, 0.6) is 17.2 Å². The van der Waals surface area contributed by atoms with Crippen LogP contribution in [0.4, 0.5) is 5.82 Å². The van der Waals surface area contributed by atoms with Gasteiger partial charge in [0.15, 0.2) is 5.75 Å². The third-order valence-electron chi connectivity index (χ3n) is 9.12. The van der Waals surface area contributed by atoms with Crippen LogP contribution in [-0.2, 0) is 18.9 Å². The second-order valence-corrected chi connectivity index (χ2v) is 12.3. The van der Waals surface area contributed by atoms with Crippen molar-refractivity contribution in [2.45, 2.75) is 24.9 Å². The molecule has 2 aromatic carbocycles. The summed E-state index contributed by atoms with van der Waals surface area (Å²) in [5.74, 6) is -1.80. The van der Waals surface area contributed by atoms with Crippen LogP contribution in [0.1, 0.15) is 40.9 Å². The van der Waals surface area contributed by atoms with Crippen molar-refractivity contribution in [2.24, 2.45) is 20.0 Å². The Balaban J connectivity index is 1.45. The minimum absolute atomic E-state index is 0.0193. The van der Waals surface area contributed by atoms with Crippen molar-refractivity contribution >= 4 is 40.6 Å². The first-order valence-electron chi connectivity index (χ1n) is 14.3. The van der Waals surface area contributed by atoms with Gasteiger partial charge in [0.1, 0.15) is 39.4 Å². The number of anilines is 1. The number of ketones is 2. The maximum absolute atomic E-state index is 15.0. The molecule has 3 atom stereocenters. The molecule has 3 aliphatic rings. The fourth-order valence-corrected chi connectivity index (χ4v) is 7.14. The van der Waals surface area contributed by atoms with Crippen LogP contribution in [0.2, 0.25) is 10.0 Å². The molecule has 11 nitrogen and oxygen atoms in total. The molecule has 0 radical (unpaired) electrons. The third-order valence-corrected chi connectivity index (χ3v) is 9.73. The van der Waals surface area contributed by atoms with E-state index < -0.39 is 40.3 Å². The fraction of sp³-hybridized carbons (Fsp3) is 0.273. The highest BCUT2D eigenvalue weighted by Gasteiger charge is 2.64. The number of benzene rings is 2. The second-order valence-electron chi connectivity index (χ2n) is 11.5. The minimum Gasteiger partial charge on any atom is -0.496 e. The van der Waals surface area contributed by atoms with Crippen LogP contribution in [0.25, 0.3) is 11.3 Å². The Kier molecular flexibility index (Phi) is 6.77. The monoisotopic (exact) mass is 663 g/mol. The first kappa shape index (κ1) is 29.9. The van der Waals surface area contributed by atoms with E-state index in [9.17, 15) is 14.4 Å². The molecule has 0 amide bonds. The van der Waals surface area contributed by atoms with E-state index in [0.717, 1.165) is 4.57 Å². The van der Waals surface area contributed by atoms with Gasteiger partial charge in [0.25, 0.3) is 5.56 Å². The van der Waals surface area contributed by atoms with Crippen molar-refractivity contribution in [3.05, 3.63) is 102 Å². The standard InChI is InChI=1S/C33H27Cl2N3O8/c1-14-12-17-22(28(39)33(14)29(40)24-20(43-4)13-21(44-5)26(35)27(24)46-33)23(25-30(36-17)37(2)32(42)38(3)31(25)41)19-11-10-18(45-19)15-6-8-16(34)9-7-15/h6-11,13-14,23,36H,12H2,1-5H3/t14-,23-,33+/m1/s1. The van der Waals surface area contributed by atoms with Crippen molar-refractivity contribution in [3.8, 4) is 28.6 Å². The smallest absolute Gasteiger partial charge is 0.332 e. The molecule has 1 spiro atoms. The van der Waals surface area contributed by atoms with Gasteiger partial charge in [0.05, 0.1) is 25.7 Å². The van der Waals surface area contributed by atoms with Crippen LogP contribution in [0, 0.1) is 5.92 Å². The summed E-state index contributed by atoms with van der Waals surface area (Å²) in [6.07, 6.45) is 0.155. The summed E-state index contributed by atoms with van der Waals surface area (Å²) in [6, 6.07) is 11.9. The summed E-state index contributed by atoms with van der Waals surface area (Å²) in [5, 5.41) is 3.76. The van der Waals surface area contributed by atoms with Gasteiger partial charge in [-0.1, -0.05) is 30.1 Å². The Morgan fingerprint density at radius 3 is 2.30 bits per heavy atom. The van der Waals surface area contributed by atoms with Gasteiger partial charge in [-0.25, -0.2) is 4.79 Å². The van der Waals surface area contributed by atoms with E-state index in [1.165, 1.54) is 38.9 Å². The number of hydrogen-bond donors (Lipinski definition) is 1. The summed E-state index contributed by atoms with van der Waals surface area (Å²) < 4.78 is 25.9. The number of fused-ring (bicyclic) bond motifs is 2. The Morgan fingerprint density at radius 1 is 0.935 bits per heavy atom. The third kappa shape index (κ3) is 3.91. The topological polar surface area (TPSA) is 131 Å². The predicted molar refractivity (Wildman–Crippen MR) is 170 cm³/mol. The maximum atomic E-state index is 15.0. The summed E-state index contributed by atoms with van der Waals surface area (Å²) in [7, 11) is 5.70. The van der Waals surface area contributed by atoms with Crippen molar-refractivity contribution in [1.82, 2.24) is 9.13 Å². The van der Waals surface area contributed by atoms with Gasteiger partial charge >= 0.3 is 5.69 Å². The number of carbonyl (C=O) groups is 2. The van der Waals surface area contributed by atoms with Gasteiger partial charge in [-0.2, -0.15) is 0 Å². The zero-order valence-corrected chi connectivity index (χ0v) is 26.8. The molecule has 4 heterocycles. The molecule has 1 N–H and O–H groups in total. The number of carbonyl (C=O) groups excluding carboxylic acids is 2. The summed E-state index contributed by atoms with van der Waals surface area (Å²) in [5.41, 5.74) is -1.79. The van der Waals surface area contributed by atoms with E-state index in [1.54, 1.807) is 43.3 Å². The number of rotatable bonds is 4. The van der Waals surface area contributed by atoms with E-state index in [2.05, 4.69) is 5.32 Å². The van der Waals surface area contributed by atoms with Crippen LogP contribution >= 0.6 is 23.2 Å². The zero-order chi connectivity index (χ0) is 32.8. The lowest BCUT2D eigenvalue weighted by molar-refractivity contribution is -0.130. The zero-order valence-electron chi connectivity index (χ0n) is 25.3. The lowest BCUT2D eigenvalue weighted by Crippen LogP contribution is -2.58. The molecule has 46 heavy (non-hydrogen) atoms. The van der Waals surface area contributed by atoms with Crippen LogP contribution in [0.3, 0.4) is 0 Å². The Bertz CT molecular complexity index is 2160. The highest BCUT2D eigenvalue weighted by Crippen LogP contribution is 2.56. The van der Waals surface area contributed by atoms with E-state index in [1.807, 2.05) is 0 Å². The lowest BCUT2D eigenvalue weighted by Gasteiger charge is -2.42. The van der Waals surface area contributed by atoms with E-state index in [0.29, 0.717) is 22.0 Å². The van der Waals surface area contributed by atoms with Crippen LogP contribution < -0.4 is 30.8 Å². The fourth-order valence-electron chi connectivity index (χ4n) is 6.75. The van der Waals surface area contributed by atoms with Gasteiger partial charge in [0.2, 0.25) is 17.2 Å². The van der Waals surface area contributed by atoms with Crippen molar-refractivity contribution < 1.29 is 28.2 Å². The molecule has 13 heteroatoms. The van der Waals surface area contributed by atoms with Crippen molar-refractivity contribution in [1.29, 1.82) is 0 Å². The van der Waals surface area contributed by atoms with Crippen molar-refractivity contribution in [2.75, 3.05) is 19.5 Å². The molecule has 2 aromatic heterocycles. The number of nitrogens with one attached hydrogen (secondary N) is 1. The van der Waals surface area contributed by atoms with Gasteiger partial charge in [0, 0.05) is 47.9 Å². The van der Waals surface area contributed by atoms with Crippen molar-refractivity contribution in [3.63, 3.8) is 0 Å². The second kappa shape index (κ2) is 10.4. The highest BCUT2D eigenvalue weighted by molar-refractivity contribution is 6.36. The Labute approximate surface area is 271 Å². The number of ether oxygens (including phenoxy) is 3. The molecular weight excluding hydrogens is 637 g/mol. The molecular formula is C33H27Cl2N3O8. The molecule has 0 unspecified atom stereocenters. The number of nitrogens with zero attached hydrogens (tertiary/aromatic N) is 2. The number of Topliss-reactive ketones (excluding diaryl/α,β-unsaturated/α-hetero) is 2. The predicted octanol–water partition coefficient (Wildman–Crippen LogP) is 5.10. The number of furan rings is 1. The molecule has 0 fully saturated rings. The molecule has 0 saturated carbocycles. The number of aromatic nitrogens is 2. The van der Waals surface area contributed by atoms with Gasteiger partial charge in [-0.3, -0.25) is 23.5 Å². The Hall–Kier alpha value is -4.74. The first-order valence-corrected chi connectivity index (χ1v) is 15.1. The van der Waals surface area contributed by atoms with E-state index in [4.69, 9.17) is 41.8 Å². The number of allylic oxidation sites excluding steroid dienone is 1. The van der Waals surface area contributed by atoms with E-state index >= 15 is 4.79 Å².